The van der Waals surface area contributed by atoms with Crippen molar-refractivity contribution in [3.8, 4) is 11.8 Å². The van der Waals surface area contributed by atoms with Crippen molar-refractivity contribution in [2.45, 2.75) is 59.3 Å². The number of carbonyl (C=O) groups is 1. The zero-order chi connectivity index (χ0) is 25.2. The molecule has 34 heavy (non-hydrogen) atoms. The molecule has 0 saturated carbocycles. The van der Waals surface area contributed by atoms with E-state index in [0.29, 0.717) is 11.1 Å². The number of ether oxygens (including phenoxy) is 2. The Hall–Kier alpha value is -3.20. The van der Waals surface area contributed by atoms with Crippen LogP contribution < -0.4 is 5.56 Å². The summed E-state index contributed by atoms with van der Waals surface area (Å²) in [4.78, 5) is 36.6. The van der Waals surface area contributed by atoms with Crippen molar-refractivity contribution < 1.29 is 24.5 Å². The molecule has 0 radical (unpaired) electrons. The molecule has 0 spiro atoms. The van der Waals surface area contributed by atoms with E-state index >= 15 is 0 Å². The van der Waals surface area contributed by atoms with Gasteiger partial charge in [0.05, 0.1) is 30.0 Å². The van der Waals surface area contributed by atoms with Gasteiger partial charge >= 0.3 is 5.97 Å². The minimum atomic E-state index is -0.889. The first kappa shape index (κ1) is 25.4. The molecule has 2 N–H and O–H groups in total. The molecule has 11 nitrogen and oxygen atoms in total. The van der Waals surface area contributed by atoms with Gasteiger partial charge in [0.2, 0.25) is 5.95 Å². The van der Waals surface area contributed by atoms with Crippen molar-refractivity contribution in [1.29, 1.82) is 0 Å². The zero-order valence-corrected chi connectivity index (χ0v) is 20.3. The van der Waals surface area contributed by atoms with Crippen molar-refractivity contribution in [3.63, 3.8) is 0 Å². The Kier molecular flexibility index (Phi) is 7.45. The van der Waals surface area contributed by atoms with E-state index < -0.39 is 35.4 Å². The molecule has 1 fully saturated rings. The molecule has 2 aromatic heterocycles. The molecule has 3 atom stereocenters. The summed E-state index contributed by atoms with van der Waals surface area (Å²) >= 11 is 0. The Labute approximate surface area is 197 Å². The van der Waals surface area contributed by atoms with Gasteiger partial charge in [0.1, 0.15) is 23.4 Å². The molecule has 184 valence electrons. The average molecular weight is 474 g/mol. The highest BCUT2D eigenvalue weighted by molar-refractivity contribution is 5.83. The van der Waals surface area contributed by atoms with E-state index in [9.17, 15) is 19.8 Å². The van der Waals surface area contributed by atoms with Crippen LogP contribution in [0.1, 0.15) is 45.9 Å². The fourth-order valence-corrected chi connectivity index (χ4v) is 3.44. The molecule has 11 heteroatoms. The number of esters is 1. The van der Waals surface area contributed by atoms with Crippen LogP contribution >= 0.6 is 0 Å². The quantitative estimate of drug-likeness (QED) is 0.275. The summed E-state index contributed by atoms with van der Waals surface area (Å²) < 4.78 is 13.9. The number of hydrogen-bond donors (Lipinski definition) is 2. The molecular weight excluding hydrogens is 442 g/mol. The summed E-state index contributed by atoms with van der Waals surface area (Å²) in [6.07, 6.45) is 0.929. The lowest BCUT2D eigenvalue weighted by Gasteiger charge is -2.18. The van der Waals surface area contributed by atoms with Crippen molar-refractivity contribution in [3.05, 3.63) is 22.1 Å². The van der Waals surface area contributed by atoms with E-state index in [4.69, 9.17) is 9.47 Å². The van der Waals surface area contributed by atoms with Gasteiger partial charge < -0.3 is 29.2 Å². The minimum absolute atomic E-state index is 0.0467. The van der Waals surface area contributed by atoms with Crippen LogP contribution in [0.25, 0.3) is 11.0 Å². The first-order valence-corrected chi connectivity index (χ1v) is 10.9. The van der Waals surface area contributed by atoms with Crippen molar-refractivity contribution in [2.75, 3.05) is 20.7 Å². The molecule has 1 aliphatic heterocycles. The second-order valence-electron chi connectivity index (χ2n) is 9.30. The highest BCUT2D eigenvalue weighted by atomic mass is 16.5. The Morgan fingerprint density at radius 1 is 1.44 bits per heavy atom. The normalized spacial score (nSPS) is 20.5. The van der Waals surface area contributed by atoms with Crippen LogP contribution in [0.2, 0.25) is 0 Å². The van der Waals surface area contributed by atoms with Crippen molar-refractivity contribution >= 4 is 29.3 Å². The average Bonchev–Trinajstić information content (AvgIpc) is 3.31. The Morgan fingerprint density at radius 2 is 2.15 bits per heavy atom. The van der Waals surface area contributed by atoms with Gasteiger partial charge in [-0.2, -0.15) is 0 Å². The topological polar surface area (TPSA) is 131 Å². The van der Waals surface area contributed by atoms with E-state index in [-0.39, 0.29) is 31.2 Å². The molecule has 0 bridgehead atoms. The Bertz CT molecular complexity index is 1210. The Balaban J connectivity index is 2.21. The summed E-state index contributed by atoms with van der Waals surface area (Å²) in [5.74, 6) is 5.32. The standard InChI is InChI=1S/C23H31N5O6/c1-7-8-14-10-27(17-9-15(30)16(11-29)34-17)19-18(14)25-22(24-12-26(5)6)28(20(19)31)13-33-21(32)23(2,3)4/h10,12,15-17,29-30H,9,11,13H2,1-6H3/b24-12+/t15-,16+,17+/m0/s1. The highest BCUT2D eigenvalue weighted by Crippen LogP contribution is 2.32. The SMILES string of the molecule is CC#Cc1cn([C@H]2C[C@H](O)[C@@H](CO)O2)c2c(=O)n(COC(=O)C(C)(C)C)c(/N=C/N(C)C)nc12. The predicted molar refractivity (Wildman–Crippen MR) is 126 cm³/mol. The number of fused-ring (bicyclic) bond motifs is 1. The third-order valence-electron chi connectivity index (χ3n) is 5.20. The van der Waals surface area contributed by atoms with Crippen LogP contribution in [0.5, 0.6) is 0 Å². The van der Waals surface area contributed by atoms with E-state index in [2.05, 4.69) is 21.8 Å². The molecule has 0 aliphatic carbocycles. The maximum atomic E-state index is 13.7. The number of aromatic nitrogens is 3. The monoisotopic (exact) mass is 473 g/mol. The number of aliphatic hydroxyl groups is 2. The van der Waals surface area contributed by atoms with E-state index in [1.807, 2.05) is 0 Å². The van der Waals surface area contributed by atoms with Gasteiger partial charge in [-0.3, -0.25) is 9.59 Å². The highest BCUT2D eigenvalue weighted by Gasteiger charge is 2.36. The number of hydrogen-bond acceptors (Lipinski definition) is 8. The van der Waals surface area contributed by atoms with Gasteiger partial charge in [0.15, 0.2) is 6.73 Å². The second kappa shape index (κ2) is 9.97. The summed E-state index contributed by atoms with van der Waals surface area (Å²) in [5, 5.41) is 19.7. The van der Waals surface area contributed by atoms with Gasteiger partial charge in [0.25, 0.3) is 5.56 Å². The molecule has 3 rings (SSSR count). The smallest absolute Gasteiger partial charge is 0.312 e. The van der Waals surface area contributed by atoms with Crippen molar-refractivity contribution in [2.24, 2.45) is 10.4 Å². The lowest BCUT2D eigenvalue weighted by atomic mass is 9.98. The summed E-state index contributed by atoms with van der Waals surface area (Å²) in [6, 6.07) is 0. The number of aliphatic hydroxyl groups excluding tert-OH is 2. The molecule has 1 aliphatic rings. The van der Waals surface area contributed by atoms with Gasteiger partial charge in [-0.25, -0.2) is 14.5 Å². The lowest BCUT2D eigenvalue weighted by Crippen LogP contribution is -2.29. The molecular formula is C23H31N5O6. The first-order chi connectivity index (χ1) is 16.0. The number of nitrogens with zero attached hydrogens (tertiary/aromatic N) is 5. The minimum Gasteiger partial charge on any atom is -0.443 e. The van der Waals surface area contributed by atoms with Crippen molar-refractivity contribution in [1.82, 2.24) is 19.0 Å². The van der Waals surface area contributed by atoms with Crippen LogP contribution in [0, 0.1) is 17.3 Å². The third-order valence-corrected chi connectivity index (χ3v) is 5.20. The number of rotatable bonds is 6. The van der Waals surface area contributed by atoms with E-state index in [1.165, 1.54) is 10.9 Å². The molecule has 0 amide bonds. The van der Waals surface area contributed by atoms with Gasteiger partial charge in [-0.05, 0) is 27.7 Å². The van der Waals surface area contributed by atoms with E-state index in [1.54, 1.807) is 57.5 Å². The third kappa shape index (κ3) is 5.14. The molecule has 0 unspecified atom stereocenters. The summed E-state index contributed by atoms with van der Waals surface area (Å²) in [5.41, 5.74) is -0.295. The van der Waals surface area contributed by atoms with Gasteiger partial charge in [-0.1, -0.05) is 5.92 Å². The maximum Gasteiger partial charge on any atom is 0.312 e. The van der Waals surface area contributed by atoms with Gasteiger partial charge in [0, 0.05) is 26.7 Å². The van der Waals surface area contributed by atoms with E-state index in [0.717, 1.165) is 0 Å². The Morgan fingerprint density at radius 3 is 2.71 bits per heavy atom. The zero-order valence-electron chi connectivity index (χ0n) is 20.3. The summed E-state index contributed by atoms with van der Waals surface area (Å²) in [7, 11) is 3.55. The second-order valence-corrected chi connectivity index (χ2v) is 9.30. The van der Waals surface area contributed by atoms with Crippen LogP contribution in [-0.4, -0.2) is 74.4 Å². The number of aliphatic imine (C=N–C) groups is 1. The molecule has 2 aromatic rings. The maximum absolute atomic E-state index is 13.7. The van der Waals surface area contributed by atoms with Gasteiger partial charge in [-0.15, -0.1) is 5.92 Å². The van der Waals surface area contributed by atoms with Crippen LogP contribution in [0.15, 0.2) is 16.0 Å². The molecule has 0 aromatic carbocycles. The lowest BCUT2D eigenvalue weighted by molar-refractivity contribution is -0.157. The van der Waals surface area contributed by atoms with Crippen LogP contribution in [0.3, 0.4) is 0 Å². The first-order valence-electron chi connectivity index (χ1n) is 10.9. The summed E-state index contributed by atoms with van der Waals surface area (Å²) in [6.45, 7) is 6.07. The van der Waals surface area contributed by atoms with Crippen LogP contribution in [0.4, 0.5) is 5.95 Å². The molecule has 1 saturated heterocycles. The fourth-order valence-electron chi connectivity index (χ4n) is 3.44. The van der Waals surface area contributed by atoms with Crippen LogP contribution in [-0.2, 0) is 21.0 Å². The largest absolute Gasteiger partial charge is 0.443 e. The molecule has 3 heterocycles. The fraction of sp³-hybridized carbons (Fsp3) is 0.565. The number of carbonyl (C=O) groups excluding carboxylic acids is 1. The predicted octanol–water partition coefficient (Wildman–Crippen LogP) is 0.978.